The summed E-state index contributed by atoms with van der Waals surface area (Å²) in [6.45, 7) is 1.48. The third-order valence-electron chi connectivity index (χ3n) is 5.63. The normalized spacial score (nSPS) is 10.9. The maximum Gasteiger partial charge on any atom is 0.255 e. The molecule has 0 aliphatic heterocycles. The fourth-order valence-corrected chi connectivity index (χ4v) is 3.97. The number of fused-ring (bicyclic) bond motifs is 1. The molecular formula is C27H29N3O2. The summed E-state index contributed by atoms with van der Waals surface area (Å²) in [5.74, 6) is 1.63. The number of amides is 1. The molecular weight excluding hydrogens is 398 g/mol. The van der Waals surface area contributed by atoms with Crippen LogP contribution in [-0.2, 0) is 13.0 Å². The van der Waals surface area contributed by atoms with Gasteiger partial charge in [-0.2, -0.15) is 0 Å². The van der Waals surface area contributed by atoms with E-state index in [1.54, 1.807) is 19.2 Å². The van der Waals surface area contributed by atoms with E-state index < -0.39 is 0 Å². The number of nitrogens with one attached hydrogen (secondary N) is 1. The molecule has 5 heteroatoms. The van der Waals surface area contributed by atoms with Crippen LogP contribution in [0.4, 0.5) is 0 Å². The first kappa shape index (κ1) is 21.6. The quantitative estimate of drug-likeness (QED) is 0.352. The van der Waals surface area contributed by atoms with Crippen molar-refractivity contribution in [3.63, 3.8) is 0 Å². The molecule has 0 aliphatic carbocycles. The Bertz CT molecular complexity index is 1170. The Morgan fingerprint density at radius 1 is 0.906 bits per heavy atom. The molecule has 0 bridgehead atoms. The van der Waals surface area contributed by atoms with E-state index in [0.717, 1.165) is 43.6 Å². The summed E-state index contributed by atoms with van der Waals surface area (Å²) >= 11 is 0. The van der Waals surface area contributed by atoms with Crippen molar-refractivity contribution in [2.75, 3.05) is 13.7 Å². The lowest BCUT2D eigenvalue weighted by atomic mass is 10.1. The van der Waals surface area contributed by atoms with Gasteiger partial charge in [0.25, 0.3) is 5.91 Å². The number of imidazole rings is 1. The molecule has 4 aromatic rings. The van der Waals surface area contributed by atoms with Crippen LogP contribution in [-0.4, -0.2) is 29.1 Å². The van der Waals surface area contributed by atoms with E-state index in [-0.39, 0.29) is 5.91 Å². The van der Waals surface area contributed by atoms with E-state index >= 15 is 0 Å². The fourth-order valence-electron chi connectivity index (χ4n) is 3.97. The molecule has 0 spiro atoms. The number of aromatic nitrogens is 2. The van der Waals surface area contributed by atoms with Gasteiger partial charge < -0.3 is 14.6 Å². The van der Waals surface area contributed by atoms with Crippen molar-refractivity contribution >= 4 is 16.9 Å². The molecule has 0 aliphatic rings. The Hall–Kier alpha value is -3.60. The van der Waals surface area contributed by atoms with Crippen molar-refractivity contribution in [1.82, 2.24) is 14.9 Å². The van der Waals surface area contributed by atoms with Gasteiger partial charge in [-0.15, -0.1) is 0 Å². The van der Waals surface area contributed by atoms with E-state index in [0.29, 0.717) is 17.9 Å². The van der Waals surface area contributed by atoms with Gasteiger partial charge in [-0.3, -0.25) is 4.79 Å². The molecule has 4 rings (SSSR count). The van der Waals surface area contributed by atoms with Crippen molar-refractivity contribution in [2.45, 2.75) is 32.2 Å². The zero-order valence-electron chi connectivity index (χ0n) is 18.5. The highest BCUT2D eigenvalue weighted by Crippen LogP contribution is 2.20. The average Bonchev–Trinajstić information content (AvgIpc) is 3.19. The maximum absolute atomic E-state index is 12.4. The number of aryl methyl sites for hydroxylation is 1. The van der Waals surface area contributed by atoms with Crippen LogP contribution in [0.3, 0.4) is 0 Å². The highest BCUT2D eigenvalue weighted by molar-refractivity contribution is 5.96. The van der Waals surface area contributed by atoms with Crippen LogP contribution in [0.1, 0.15) is 41.0 Å². The van der Waals surface area contributed by atoms with E-state index in [1.807, 2.05) is 24.3 Å². The van der Waals surface area contributed by atoms with Gasteiger partial charge in [0.1, 0.15) is 11.6 Å². The molecule has 1 N–H and O–H groups in total. The topological polar surface area (TPSA) is 56.1 Å². The molecule has 0 unspecified atom stereocenters. The molecule has 0 saturated carbocycles. The standard InChI is InChI=1S/C27H29N3O2/c1-32-25-17-10-7-14-22(25)27(31)28-19-11-3-6-18-26-29-23-15-8-9-16-24(23)30(26)20-21-12-4-2-5-13-21/h2,4-5,7-10,12-17H,3,6,11,18-20H2,1H3,(H,28,31). The van der Waals surface area contributed by atoms with E-state index in [4.69, 9.17) is 9.72 Å². The van der Waals surface area contributed by atoms with Crippen molar-refractivity contribution in [1.29, 1.82) is 0 Å². The second kappa shape index (κ2) is 10.6. The molecule has 0 fully saturated rings. The zero-order valence-corrected chi connectivity index (χ0v) is 18.5. The minimum absolute atomic E-state index is 0.0906. The molecule has 32 heavy (non-hydrogen) atoms. The Morgan fingerprint density at radius 3 is 2.50 bits per heavy atom. The van der Waals surface area contributed by atoms with Crippen molar-refractivity contribution in [2.24, 2.45) is 0 Å². The van der Waals surface area contributed by atoms with Gasteiger partial charge in [0, 0.05) is 19.5 Å². The van der Waals surface area contributed by atoms with Crippen LogP contribution in [0.2, 0.25) is 0 Å². The van der Waals surface area contributed by atoms with Crippen molar-refractivity contribution < 1.29 is 9.53 Å². The number of carbonyl (C=O) groups excluding carboxylic acids is 1. The summed E-state index contributed by atoms with van der Waals surface area (Å²) in [7, 11) is 1.58. The summed E-state index contributed by atoms with van der Waals surface area (Å²) in [5.41, 5.74) is 4.07. The summed E-state index contributed by atoms with van der Waals surface area (Å²) in [4.78, 5) is 17.3. The van der Waals surface area contributed by atoms with E-state index in [1.165, 1.54) is 11.1 Å². The number of benzene rings is 3. The first-order chi connectivity index (χ1) is 15.8. The summed E-state index contributed by atoms with van der Waals surface area (Å²) in [5, 5.41) is 3.00. The van der Waals surface area contributed by atoms with Crippen LogP contribution in [0.25, 0.3) is 11.0 Å². The van der Waals surface area contributed by atoms with E-state index in [2.05, 4.69) is 52.3 Å². The number of methoxy groups -OCH3 is 1. The van der Waals surface area contributed by atoms with Gasteiger partial charge in [0.15, 0.2) is 0 Å². The SMILES string of the molecule is COc1ccccc1C(=O)NCCCCCc1nc2ccccc2n1Cc1ccccc1. The molecule has 1 heterocycles. The largest absolute Gasteiger partial charge is 0.496 e. The number of hydrogen-bond donors (Lipinski definition) is 1. The van der Waals surface area contributed by atoms with Gasteiger partial charge in [-0.1, -0.05) is 61.0 Å². The molecule has 1 amide bonds. The second-order valence-electron chi connectivity index (χ2n) is 7.86. The Balaban J connectivity index is 1.31. The summed E-state index contributed by atoms with van der Waals surface area (Å²) in [6.07, 6.45) is 3.91. The minimum Gasteiger partial charge on any atom is -0.496 e. The number of rotatable bonds is 10. The molecule has 0 saturated heterocycles. The van der Waals surface area contributed by atoms with Crippen molar-refractivity contribution in [3.05, 3.63) is 95.8 Å². The monoisotopic (exact) mass is 427 g/mol. The lowest BCUT2D eigenvalue weighted by molar-refractivity contribution is 0.0950. The highest BCUT2D eigenvalue weighted by Gasteiger charge is 2.12. The summed E-state index contributed by atoms with van der Waals surface area (Å²) < 4.78 is 7.60. The molecule has 0 atom stereocenters. The molecule has 164 valence electrons. The van der Waals surface area contributed by atoms with Crippen LogP contribution in [0, 0.1) is 0 Å². The van der Waals surface area contributed by atoms with Crippen molar-refractivity contribution in [3.8, 4) is 5.75 Å². The van der Waals surface area contributed by atoms with E-state index in [9.17, 15) is 4.79 Å². The molecule has 1 aromatic heterocycles. The number of unbranched alkanes of at least 4 members (excludes halogenated alkanes) is 2. The first-order valence-electron chi connectivity index (χ1n) is 11.2. The van der Waals surface area contributed by atoms with Crippen LogP contribution < -0.4 is 10.1 Å². The lowest BCUT2D eigenvalue weighted by Gasteiger charge is -2.10. The summed E-state index contributed by atoms with van der Waals surface area (Å²) in [6, 6.07) is 26.1. The fraction of sp³-hybridized carbons (Fsp3) is 0.259. The lowest BCUT2D eigenvalue weighted by Crippen LogP contribution is -2.24. The maximum atomic E-state index is 12.4. The van der Waals surface area contributed by atoms with Crippen LogP contribution in [0.15, 0.2) is 78.9 Å². The Morgan fingerprint density at radius 2 is 1.66 bits per heavy atom. The number of nitrogens with zero attached hydrogens (tertiary/aromatic N) is 2. The third kappa shape index (κ3) is 5.17. The van der Waals surface area contributed by atoms with Gasteiger partial charge in [-0.05, 0) is 42.7 Å². The molecule has 5 nitrogen and oxygen atoms in total. The predicted molar refractivity (Wildman–Crippen MR) is 128 cm³/mol. The number of ether oxygens (including phenoxy) is 1. The van der Waals surface area contributed by atoms with Gasteiger partial charge in [-0.25, -0.2) is 4.98 Å². The Labute approximate surface area is 189 Å². The van der Waals surface area contributed by atoms with Gasteiger partial charge in [0.2, 0.25) is 0 Å². The van der Waals surface area contributed by atoms with Gasteiger partial charge >= 0.3 is 0 Å². The Kier molecular flexibility index (Phi) is 7.18. The first-order valence-corrected chi connectivity index (χ1v) is 11.2. The predicted octanol–water partition coefficient (Wildman–Crippen LogP) is 5.24. The number of hydrogen-bond acceptors (Lipinski definition) is 3. The average molecular weight is 428 g/mol. The second-order valence-corrected chi connectivity index (χ2v) is 7.86. The third-order valence-corrected chi connectivity index (χ3v) is 5.63. The van der Waals surface area contributed by atoms with Gasteiger partial charge in [0.05, 0.1) is 23.7 Å². The highest BCUT2D eigenvalue weighted by atomic mass is 16.5. The number of para-hydroxylation sites is 3. The molecule has 3 aromatic carbocycles. The van der Waals surface area contributed by atoms with Crippen LogP contribution in [0.5, 0.6) is 5.75 Å². The smallest absolute Gasteiger partial charge is 0.255 e. The number of carbonyl (C=O) groups is 1. The van der Waals surface area contributed by atoms with Crippen LogP contribution >= 0.6 is 0 Å². The zero-order chi connectivity index (χ0) is 22.2. The molecule has 0 radical (unpaired) electrons. The minimum atomic E-state index is -0.0906.